The van der Waals surface area contributed by atoms with E-state index in [4.69, 9.17) is 4.74 Å². The van der Waals surface area contributed by atoms with Gasteiger partial charge in [0.05, 0.1) is 39.0 Å². The number of aryl methyl sites for hydroxylation is 1. The van der Waals surface area contributed by atoms with Crippen molar-refractivity contribution in [1.82, 2.24) is 26.2 Å². The molecule has 1 unspecified atom stereocenters. The molecule has 0 bridgehead atoms. The van der Waals surface area contributed by atoms with Crippen LogP contribution in [0.2, 0.25) is 0 Å². The molecule has 13 heteroatoms. The van der Waals surface area contributed by atoms with Crippen LogP contribution in [-0.4, -0.2) is 114 Å². The Morgan fingerprint density at radius 1 is 0.816 bits per heavy atom. The lowest BCUT2D eigenvalue weighted by atomic mass is 9.90. The Balaban J connectivity index is 1.69. The van der Waals surface area contributed by atoms with Crippen LogP contribution in [0.25, 0.3) is 0 Å². The van der Waals surface area contributed by atoms with Gasteiger partial charge in [0.25, 0.3) is 0 Å². The van der Waals surface area contributed by atoms with Gasteiger partial charge in [-0.15, -0.1) is 0 Å². The first-order valence-corrected chi connectivity index (χ1v) is 16.8. The number of nitrogens with one attached hydrogen (secondary N) is 4. The second-order valence-electron chi connectivity index (χ2n) is 13.0. The quantitative estimate of drug-likeness (QED) is 0.120. The number of ether oxygens (including phenoxy) is 1. The second-order valence-corrected chi connectivity index (χ2v) is 13.0. The maximum Gasteiger partial charge on any atom is 0.243 e. The Kier molecular flexibility index (Phi) is 15.8. The molecular weight excluding hydrogens is 630 g/mol. The van der Waals surface area contributed by atoms with Gasteiger partial charge in [0.2, 0.25) is 23.6 Å². The van der Waals surface area contributed by atoms with Gasteiger partial charge in [0, 0.05) is 19.5 Å². The highest BCUT2D eigenvalue weighted by atomic mass is 16.5. The number of aliphatic hydroxyl groups excluding tert-OH is 1. The number of carbonyl (C=O) groups excluding carboxylic acids is 5. The molecule has 1 fully saturated rings. The molecule has 6 N–H and O–H groups in total. The van der Waals surface area contributed by atoms with Gasteiger partial charge in [-0.2, -0.15) is 0 Å². The van der Waals surface area contributed by atoms with Gasteiger partial charge in [-0.25, -0.2) is 0 Å². The summed E-state index contributed by atoms with van der Waals surface area (Å²) in [5.41, 5.74) is -0.334. The van der Waals surface area contributed by atoms with Gasteiger partial charge in [-0.1, -0.05) is 74.5 Å². The van der Waals surface area contributed by atoms with Crippen LogP contribution in [0.15, 0.2) is 60.7 Å². The van der Waals surface area contributed by atoms with Crippen LogP contribution < -0.4 is 21.3 Å². The van der Waals surface area contributed by atoms with Crippen LogP contribution in [-0.2, 0) is 41.6 Å². The zero-order valence-corrected chi connectivity index (χ0v) is 28.7. The number of Topliss-reactive ketones (excluding diaryl/α,β-unsaturated/α-hetero) is 1. The smallest absolute Gasteiger partial charge is 0.243 e. The average molecular weight is 682 g/mol. The van der Waals surface area contributed by atoms with Crippen LogP contribution in [0.5, 0.6) is 0 Å². The lowest BCUT2D eigenvalue weighted by molar-refractivity contribution is -0.144. The topological polar surface area (TPSA) is 186 Å². The Morgan fingerprint density at radius 3 is 2.00 bits per heavy atom. The van der Waals surface area contributed by atoms with Crippen molar-refractivity contribution in [1.29, 1.82) is 0 Å². The second kappa shape index (κ2) is 19.7. The molecule has 2 aromatic rings. The van der Waals surface area contributed by atoms with Crippen molar-refractivity contribution in [3.8, 4) is 0 Å². The monoisotopic (exact) mass is 681 g/mol. The fourth-order valence-electron chi connectivity index (χ4n) is 5.45. The first-order valence-electron chi connectivity index (χ1n) is 16.8. The number of nitrogens with zero attached hydrogens (tertiary/aromatic N) is 1. The highest BCUT2D eigenvalue weighted by molar-refractivity contribution is 5.97. The number of aliphatic hydroxyl groups is 2. The predicted molar refractivity (Wildman–Crippen MR) is 183 cm³/mol. The van der Waals surface area contributed by atoms with Crippen molar-refractivity contribution < 1.29 is 38.9 Å². The summed E-state index contributed by atoms with van der Waals surface area (Å²) in [7, 11) is 0. The first-order chi connectivity index (χ1) is 23.4. The van der Waals surface area contributed by atoms with Gasteiger partial charge in [-0.05, 0) is 43.2 Å². The summed E-state index contributed by atoms with van der Waals surface area (Å²) in [6.07, 6.45) is 1.10. The molecule has 1 aliphatic heterocycles. The van der Waals surface area contributed by atoms with Crippen LogP contribution in [0.3, 0.4) is 0 Å². The number of rotatable bonds is 19. The zero-order valence-electron chi connectivity index (χ0n) is 28.7. The van der Waals surface area contributed by atoms with Crippen LogP contribution in [0, 0.1) is 5.92 Å². The minimum atomic E-state index is -2.07. The number of hydrogen-bond donors (Lipinski definition) is 6. The molecule has 0 aliphatic carbocycles. The van der Waals surface area contributed by atoms with E-state index < -0.39 is 60.4 Å². The molecule has 0 radical (unpaired) electrons. The third-order valence-corrected chi connectivity index (χ3v) is 8.22. The highest BCUT2D eigenvalue weighted by Crippen LogP contribution is 2.15. The minimum Gasteiger partial charge on any atom is -0.393 e. The Bertz CT molecular complexity index is 1370. The molecule has 13 nitrogen and oxygen atoms in total. The normalized spacial score (nSPS) is 16.4. The van der Waals surface area contributed by atoms with Crippen molar-refractivity contribution in [2.75, 3.05) is 46.0 Å². The maximum absolute atomic E-state index is 13.6. The summed E-state index contributed by atoms with van der Waals surface area (Å²) in [5.74, 6) is -2.95. The molecule has 1 saturated heterocycles. The molecule has 3 rings (SSSR count). The van der Waals surface area contributed by atoms with Gasteiger partial charge < -0.3 is 36.2 Å². The summed E-state index contributed by atoms with van der Waals surface area (Å²) in [6.45, 7) is 5.99. The molecule has 1 heterocycles. The molecule has 1 aliphatic rings. The number of morpholine rings is 1. The SMILES string of the molecule is CC(C)C[C@@H](NC(=O)[C@H](Cc1ccccc1)NC(=O)CNC(=O)[C@H](CCc1ccccc1)NC(=O)CN1CCOCC1)C(=O)C(C)(O)CO. The van der Waals surface area contributed by atoms with Crippen molar-refractivity contribution in [3.05, 3.63) is 71.8 Å². The summed E-state index contributed by atoms with van der Waals surface area (Å²) in [5, 5.41) is 30.7. The van der Waals surface area contributed by atoms with Crippen molar-refractivity contribution in [3.63, 3.8) is 0 Å². The summed E-state index contributed by atoms with van der Waals surface area (Å²) >= 11 is 0. The molecular formula is C36H51N5O8. The maximum atomic E-state index is 13.6. The first kappa shape index (κ1) is 39.3. The summed E-state index contributed by atoms with van der Waals surface area (Å²) in [4.78, 5) is 68.0. The molecule has 0 spiro atoms. The standard InChI is InChI=1S/C36H51N5O8/c1-25(2)20-29(33(45)36(3,48)24-42)40-35(47)30(21-27-12-8-5-9-13-27)39-31(43)22-37-34(46)28(15-14-26-10-6-4-7-11-26)38-32(44)23-41-16-18-49-19-17-41/h4-13,25,28-30,42,48H,14-24H2,1-3H3,(H,37,46)(H,38,44)(H,39,43)(H,40,47)/t28-,29+,30-,36?/m0/s1. The number of benzene rings is 2. The molecule has 2 aromatic carbocycles. The molecule has 0 aromatic heterocycles. The molecule has 268 valence electrons. The highest BCUT2D eigenvalue weighted by Gasteiger charge is 2.37. The van der Waals surface area contributed by atoms with E-state index in [2.05, 4.69) is 21.3 Å². The van der Waals surface area contributed by atoms with E-state index in [9.17, 15) is 34.2 Å². The average Bonchev–Trinajstić information content (AvgIpc) is 3.09. The fraction of sp³-hybridized carbons (Fsp3) is 0.528. The van der Waals surface area contributed by atoms with E-state index in [1.165, 1.54) is 6.92 Å². The third kappa shape index (κ3) is 13.7. The Morgan fingerprint density at radius 2 is 1.41 bits per heavy atom. The largest absolute Gasteiger partial charge is 0.393 e. The van der Waals surface area contributed by atoms with Gasteiger partial charge in [0.1, 0.15) is 17.7 Å². The van der Waals surface area contributed by atoms with Gasteiger partial charge in [-0.3, -0.25) is 28.9 Å². The fourth-order valence-corrected chi connectivity index (χ4v) is 5.45. The third-order valence-electron chi connectivity index (χ3n) is 8.22. The Labute approximate surface area is 288 Å². The number of ketones is 1. The number of hydrogen-bond acceptors (Lipinski definition) is 9. The number of carbonyl (C=O) groups is 5. The van der Waals surface area contributed by atoms with Crippen LogP contribution in [0.1, 0.15) is 44.7 Å². The lowest BCUT2D eigenvalue weighted by Crippen LogP contribution is -2.58. The van der Waals surface area contributed by atoms with Gasteiger partial charge >= 0.3 is 0 Å². The van der Waals surface area contributed by atoms with Crippen molar-refractivity contribution in [2.24, 2.45) is 5.92 Å². The van der Waals surface area contributed by atoms with Crippen LogP contribution in [0.4, 0.5) is 0 Å². The van der Waals surface area contributed by atoms with Gasteiger partial charge in [0.15, 0.2) is 5.78 Å². The summed E-state index contributed by atoms with van der Waals surface area (Å²) < 4.78 is 5.35. The van der Waals surface area contributed by atoms with Crippen molar-refractivity contribution >= 4 is 29.4 Å². The zero-order chi connectivity index (χ0) is 35.8. The van der Waals surface area contributed by atoms with E-state index in [1.807, 2.05) is 55.1 Å². The van der Waals surface area contributed by atoms with Crippen molar-refractivity contribution in [2.45, 2.75) is 70.2 Å². The van der Waals surface area contributed by atoms with E-state index >= 15 is 0 Å². The molecule has 4 atom stereocenters. The summed E-state index contributed by atoms with van der Waals surface area (Å²) in [6, 6.07) is 15.4. The van der Waals surface area contributed by atoms with E-state index in [0.29, 0.717) is 39.1 Å². The van der Waals surface area contributed by atoms with E-state index in [0.717, 1.165) is 11.1 Å². The van der Waals surface area contributed by atoms with E-state index in [-0.39, 0.29) is 31.2 Å². The lowest BCUT2D eigenvalue weighted by Gasteiger charge is -2.29. The molecule has 49 heavy (non-hydrogen) atoms. The molecule has 0 saturated carbocycles. The van der Waals surface area contributed by atoms with E-state index in [1.54, 1.807) is 24.3 Å². The predicted octanol–water partition coefficient (Wildman–Crippen LogP) is 0.123. The molecule has 4 amide bonds. The Hall–Kier alpha value is -4.17. The van der Waals surface area contributed by atoms with Crippen LogP contribution >= 0.6 is 0 Å². The number of amides is 4. The minimum absolute atomic E-state index is 0.0367.